The lowest BCUT2D eigenvalue weighted by Crippen LogP contribution is -2.37. The second-order valence-corrected chi connectivity index (χ2v) is 8.05. The van der Waals surface area contributed by atoms with Crippen LogP contribution in [0.4, 0.5) is 11.5 Å². The maximum Gasteiger partial charge on any atom is 0.222 e. The molecule has 0 saturated carbocycles. The number of ether oxygens (including phenoxy) is 1. The molecule has 2 aromatic heterocycles. The van der Waals surface area contributed by atoms with E-state index in [-0.39, 0.29) is 5.43 Å². The number of benzene rings is 2. The summed E-state index contributed by atoms with van der Waals surface area (Å²) < 4.78 is 31.0. The van der Waals surface area contributed by atoms with Gasteiger partial charge in [-0.05, 0) is 30.3 Å². The lowest BCUT2D eigenvalue weighted by molar-refractivity contribution is 0.122. The van der Waals surface area contributed by atoms with Crippen LogP contribution in [0, 0.1) is 0 Å². The van der Waals surface area contributed by atoms with Gasteiger partial charge in [0.2, 0.25) is 10.9 Å². The minimum atomic E-state index is -2.72. The number of nitrogens with zero attached hydrogens (tertiary/aromatic N) is 4. The van der Waals surface area contributed by atoms with E-state index in [1.54, 1.807) is 47.3 Å². The molecule has 1 fully saturated rings. The Kier molecular flexibility index (Phi) is 5.33. The molecule has 10 nitrogen and oxygen atoms in total. The highest BCUT2D eigenvalue weighted by molar-refractivity contribution is 7.73. The number of pyridine rings is 1. The van der Waals surface area contributed by atoms with Gasteiger partial charge in [0.1, 0.15) is 11.5 Å². The van der Waals surface area contributed by atoms with Crippen LogP contribution in [0.3, 0.4) is 0 Å². The molecule has 0 atom stereocenters. The Balaban J connectivity index is 1.53. The van der Waals surface area contributed by atoms with Gasteiger partial charge in [-0.1, -0.05) is 17.3 Å². The Hall–Kier alpha value is -3.70. The molecule has 11 heteroatoms. The summed E-state index contributed by atoms with van der Waals surface area (Å²) in [6.07, 6.45) is 1.77. The number of nitrogens with one attached hydrogen (secondary N) is 2. The van der Waals surface area contributed by atoms with Crippen molar-refractivity contribution in [2.24, 2.45) is 0 Å². The molecule has 0 bridgehead atoms. The number of aromatic nitrogens is 4. The van der Waals surface area contributed by atoms with Crippen molar-refractivity contribution >= 4 is 33.3 Å². The van der Waals surface area contributed by atoms with Gasteiger partial charge in [0, 0.05) is 35.8 Å². The Morgan fingerprint density at radius 3 is 2.59 bits per heavy atom. The van der Waals surface area contributed by atoms with Gasteiger partial charge in [0.15, 0.2) is 5.43 Å². The molecule has 0 spiro atoms. The lowest BCUT2D eigenvalue weighted by atomic mass is 10.1. The Labute approximate surface area is 184 Å². The van der Waals surface area contributed by atoms with Crippen LogP contribution in [0.25, 0.3) is 27.8 Å². The normalized spacial score (nSPS) is 14.2. The average molecular weight is 452 g/mol. The Morgan fingerprint density at radius 2 is 1.84 bits per heavy atom. The molecule has 4 aromatic rings. The topological polar surface area (TPSA) is 122 Å². The van der Waals surface area contributed by atoms with Crippen molar-refractivity contribution in [1.29, 1.82) is 0 Å². The number of morpholine rings is 1. The van der Waals surface area contributed by atoms with Crippen LogP contribution in [0.1, 0.15) is 0 Å². The molecule has 3 heterocycles. The fraction of sp³-hybridized carbons (Fsp3) is 0.190. The third-order valence-electron chi connectivity index (χ3n) is 5.32. The number of aromatic amines is 1. The summed E-state index contributed by atoms with van der Waals surface area (Å²) in [5.41, 5.74) is 3.20. The van der Waals surface area contributed by atoms with E-state index in [0.717, 1.165) is 17.1 Å². The first-order chi connectivity index (χ1) is 15.6. The molecule has 5 rings (SSSR count). The fourth-order valence-electron chi connectivity index (χ4n) is 3.75. The van der Waals surface area contributed by atoms with Gasteiger partial charge in [0.05, 0.1) is 30.6 Å². The van der Waals surface area contributed by atoms with Crippen LogP contribution < -0.4 is 15.1 Å². The van der Waals surface area contributed by atoms with Crippen LogP contribution in [0.15, 0.2) is 59.5 Å². The third-order valence-corrected chi connectivity index (χ3v) is 5.76. The van der Waals surface area contributed by atoms with E-state index in [9.17, 15) is 13.2 Å². The van der Waals surface area contributed by atoms with Crippen LogP contribution in [-0.2, 0) is 15.6 Å². The van der Waals surface area contributed by atoms with Crippen LogP contribution in [0.5, 0.6) is 0 Å². The van der Waals surface area contributed by atoms with E-state index in [1.165, 1.54) is 0 Å². The van der Waals surface area contributed by atoms with E-state index in [2.05, 4.69) is 24.9 Å². The molecule has 1 saturated heterocycles. The van der Waals surface area contributed by atoms with Crippen molar-refractivity contribution in [3.63, 3.8) is 0 Å². The minimum Gasteiger partial charge on any atom is -0.378 e. The summed E-state index contributed by atoms with van der Waals surface area (Å²) >= 11 is 0. The monoisotopic (exact) mass is 452 g/mol. The maximum atomic E-state index is 12.8. The van der Waals surface area contributed by atoms with Gasteiger partial charge in [0.25, 0.3) is 0 Å². The highest BCUT2D eigenvalue weighted by Crippen LogP contribution is 2.27. The van der Waals surface area contributed by atoms with E-state index >= 15 is 0 Å². The van der Waals surface area contributed by atoms with Gasteiger partial charge in [-0.15, -0.1) is 5.10 Å². The summed E-state index contributed by atoms with van der Waals surface area (Å²) in [4.78, 5) is 18.3. The Morgan fingerprint density at radius 1 is 1.06 bits per heavy atom. The number of anilines is 2. The molecular weight excluding hydrogens is 432 g/mol. The Bertz CT molecular complexity index is 1400. The zero-order valence-corrected chi connectivity index (χ0v) is 17.8. The predicted molar refractivity (Wildman–Crippen MR) is 122 cm³/mol. The molecule has 32 heavy (non-hydrogen) atoms. The number of hydrogen-bond acceptors (Lipinski definition) is 7. The van der Waals surface area contributed by atoms with E-state index in [4.69, 9.17) is 4.74 Å². The quantitative estimate of drug-likeness (QED) is 0.393. The molecule has 0 radical (unpaired) electrons. The van der Waals surface area contributed by atoms with Crippen molar-refractivity contribution in [3.05, 3.63) is 65.0 Å². The zero-order chi connectivity index (χ0) is 22.1. The molecule has 1 aliphatic heterocycles. The van der Waals surface area contributed by atoms with E-state index in [1.807, 2.05) is 12.1 Å². The lowest BCUT2D eigenvalue weighted by Gasteiger charge is -2.28. The second-order valence-electron chi connectivity index (χ2n) is 7.31. The number of thiol groups is 1. The molecule has 0 aliphatic carbocycles. The zero-order valence-electron chi connectivity index (χ0n) is 16.9. The molecular formula is C21H20N6O4S. The highest BCUT2D eigenvalue weighted by atomic mass is 32.2. The van der Waals surface area contributed by atoms with Crippen molar-refractivity contribution in [3.8, 4) is 16.9 Å². The molecule has 164 valence electrons. The van der Waals surface area contributed by atoms with E-state index < -0.39 is 10.9 Å². The van der Waals surface area contributed by atoms with E-state index in [0.29, 0.717) is 48.6 Å². The van der Waals surface area contributed by atoms with Gasteiger partial charge < -0.3 is 14.6 Å². The van der Waals surface area contributed by atoms with Gasteiger partial charge in [-0.3, -0.25) is 9.52 Å². The number of fused-ring (bicyclic) bond motifs is 1. The molecule has 2 N–H and O–H groups in total. The fourth-order valence-corrected chi connectivity index (χ4v) is 4.11. The van der Waals surface area contributed by atoms with Crippen molar-refractivity contribution < 1.29 is 13.2 Å². The van der Waals surface area contributed by atoms with Crippen LogP contribution in [-0.4, -0.2) is 54.7 Å². The number of rotatable bonds is 5. The van der Waals surface area contributed by atoms with Gasteiger partial charge in [-0.25, -0.2) is 13.1 Å². The molecule has 1 aliphatic rings. The first-order valence-corrected chi connectivity index (χ1v) is 11.2. The number of H-pyrrole nitrogens is 1. The van der Waals surface area contributed by atoms with Gasteiger partial charge >= 0.3 is 0 Å². The molecule has 0 amide bonds. The highest BCUT2D eigenvalue weighted by Gasteiger charge is 2.16. The summed E-state index contributed by atoms with van der Waals surface area (Å²) in [6.45, 7) is 2.67. The molecule has 2 aromatic carbocycles. The SMILES string of the molecule is O=c1cc(N2CCOCC2)[nH]c2c(-c3cn(-c4ccc(N[SH](=O)=O)cc4)nn3)cccc12. The summed E-state index contributed by atoms with van der Waals surface area (Å²) in [7, 11) is -2.72. The third kappa shape index (κ3) is 3.95. The summed E-state index contributed by atoms with van der Waals surface area (Å²) in [5.74, 6) is 0.755. The smallest absolute Gasteiger partial charge is 0.222 e. The average Bonchev–Trinajstić information content (AvgIpc) is 3.29. The second kappa shape index (κ2) is 8.44. The molecule has 0 unspecified atom stereocenters. The predicted octanol–water partition coefficient (Wildman–Crippen LogP) is 1.55. The standard InChI is InChI=1S/C21H20N6O4S/c28-19-12-20(26-8-10-31-11-9-26)22-21-16(2-1-3-17(19)21)18-13-27(25-23-18)15-6-4-14(5-7-15)24-32(29)30/h1-7,12-13,32H,8-11H2,(H,22,28)(H,24,29,30). The van der Waals surface area contributed by atoms with Crippen LogP contribution >= 0.6 is 0 Å². The summed E-state index contributed by atoms with van der Waals surface area (Å²) in [5, 5.41) is 9.08. The van der Waals surface area contributed by atoms with Crippen molar-refractivity contribution in [2.45, 2.75) is 0 Å². The van der Waals surface area contributed by atoms with Crippen molar-refractivity contribution in [1.82, 2.24) is 20.0 Å². The van der Waals surface area contributed by atoms with Gasteiger partial charge in [-0.2, -0.15) is 0 Å². The minimum absolute atomic E-state index is 0.0609. The first-order valence-electron chi connectivity index (χ1n) is 10.0. The largest absolute Gasteiger partial charge is 0.378 e. The number of hydrogen-bond donors (Lipinski definition) is 3. The first kappa shape index (κ1) is 20.2. The van der Waals surface area contributed by atoms with Crippen LogP contribution in [0.2, 0.25) is 0 Å². The van der Waals surface area contributed by atoms with Crippen molar-refractivity contribution in [2.75, 3.05) is 35.9 Å². The summed E-state index contributed by atoms with van der Waals surface area (Å²) in [6, 6.07) is 13.9. The maximum absolute atomic E-state index is 12.8. The number of para-hydroxylation sites is 1.